The predicted octanol–water partition coefficient (Wildman–Crippen LogP) is 2.30. The lowest BCUT2D eigenvalue weighted by molar-refractivity contribution is -0.131. The monoisotopic (exact) mass is 228 g/mol. The van der Waals surface area contributed by atoms with Crippen LogP contribution >= 0.6 is 0 Å². The molecule has 0 fully saturated rings. The first-order valence-electron chi connectivity index (χ1n) is 4.50. The van der Waals surface area contributed by atoms with Crippen LogP contribution in [0.4, 0.5) is 8.78 Å². The SMILES string of the molecule is CC(C)(F)c1ccc(F)c(C(=O)C(=O)O)c1. The van der Waals surface area contributed by atoms with Gasteiger partial charge in [-0.2, -0.15) is 0 Å². The normalized spacial score (nSPS) is 11.2. The molecule has 0 spiro atoms. The van der Waals surface area contributed by atoms with Crippen molar-refractivity contribution >= 4 is 11.8 Å². The molecule has 0 heterocycles. The molecule has 0 atom stereocenters. The molecule has 0 aromatic heterocycles. The van der Waals surface area contributed by atoms with Gasteiger partial charge in [0.15, 0.2) is 0 Å². The van der Waals surface area contributed by atoms with E-state index in [1.165, 1.54) is 19.9 Å². The van der Waals surface area contributed by atoms with Crippen molar-refractivity contribution in [2.45, 2.75) is 19.5 Å². The van der Waals surface area contributed by atoms with Crippen LogP contribution in [0.3, 0.4) is 0 Å². The summed E-state index contributed by atoms with van der Waals surface area (Å²) in [4.78, 5) is 21.5. The van der Waals surface area contributed by atoms with E-state index < -0.39 is 28.8 Å². The molecular formula is C11H10F2O3. The zero-order valence-corrected chi connectivity index (χ0v) is 8.75. The maximum Gasteiger partial charge on any atom is 0.377 e. The predicted molar refractivity (Wildman–Crippen MR) is 52.5 cm³/mol. The molecule has 1 N–H and O–H groups in total. The smallest absolute Gasteiger partial charge is 0.377 e. The first-order valence-corrected chi connectivity index (χ1v) is 4.50. The standard InChI is InChI=1S/C11H10F2O3/c1-11(2,13)6-3-4-8(12)7(5-6)9(14)10(15)16/h3-5H,1-2H3,(H,15,16). The van der Waals surface area contributed by atoms with Gasteiger partial charge in [-0.15, -0.1) is 0 Å². The van der Waals surface area contributed by atoms with Gasteiger partial charge in [0.1, 0.15) is 11.5 Å². The van der Waals surface area contributed by atoms with Crippen LogP contribution in [0.25, 0.3) is 0 Å². The fourth-order valence-corrected chi connectivity index (χ4v) is 1.18. The molecule has 1 rings (SSSR count). The van der Waals surface area contributed by atoms with Crippen LogP contribution in [0, 0.1) is 5.82 Å². The minimum atomic E-state index is -1.77. The van der Waals surface area contributed by atoms with Gasteiger partial charge in [0.2, 0.25) is 0 Å². The Bertz CT molecular complexity index is 447. The second-order valence-corrected chi connectivity index (χ2v) is 3.80. The quantitative estimate of drug-likeness (QED) is 0.638. The zero-order valence-electron chi connectivity index (χ0n) is 8.75. The first-order chi connectivity index (χ1) is 7.23. The molecule has 0 aliphatic heterocycles. The van der Waals surface area contributed by atoms with Gasteiger partial charge in [0.05, 0.1) is 5.56 Å². The number of carboxylic acids is 1. The third kappa shape index (κ3) is 2.42. The number of halogens is 2. The van der Waals surface area contributed by atoms with Crippen LogP contribution in [0.2, 0.25) is 0 Å². The van der Waals surface area contributed by atoms with Crippen LogP contribution < -0.4 is 0 Å². The number of rotatable bonds is 3. The molecule has 1 aromatic carbocycles. The van der Waals surface area contributed by atoms with Crippen LogP contribution in [0.5, 0.6) is 0 Å². The number of benzene rings is 1. The minimum absolute atomic E-state index is 0.0542. The lowest BCUT2D eigenvalue weighted by Gasteiger charge is -2.15. The summed E-state index contributed by atoms with van der Waals surface area (Å²) in [6.07, 6.45) is 0. The van der Waals surface area contributed by atoms with Gasteiger partial charge in [0, 0.05) is 0 Å². The Hall–Kier alpha value is -1.78. The van der Waals surface area contributed by atoms with Crippen molar-refractivity contribution in [2.75, 3.05) is 0 Å². The van der Waals surface area contributed by atoms with Crippen LogP contribution in [0.1, 0.15) is 29.8 Å². The van der Waals surface area contributed by atoms with E-state index in [9.17, 15) is 18.4 Å². The molecule has 16 heavy (non-hydrogen) atoms. The summed E-state index contributed by atoms with van der Waals surface area (Å²) in [5.41, 5.74) is -2.34. The summed E-state index contributed by atoms with van der Waals surface area (Å²) in [6.45, 7) is 2.46. The summed E-state index contributed by atoms with van der Waals surface area (Å²) in [5, 5.41) is 8.44. The number of ketones is 1. The lowest BCUT2D eigenvalue weighted by atomic mass is 9.96. The number of carboxylic acid groups (broad SMARTS) is 1. The molecule has 0 radical (unpaired) electrons. The minimum Gasteiger partial charge on any atom is -0.475 e. The number of carbonyl (C=O) groups excluding carboxylic acids is 1. The fourth-order valence-electron chi connectivity index (χ4n) is 1.18. The maximum atomic E-state index is 13.5. The second kappa shape index (κ2) is 4.00. The Morgan fingerprint density at radius 3 is 2.31 bits per heavy atom. The highest BCUT2D eigenvalue weighted by molar-refractivity contribution is 6.39. The molecule has 3 nitrogen and oxygen atoms in total. The van der Waals surface area contributed by atoms with E-state index >= 15 is 0 Å². The van der Waals surface area contributed by atoms with E-state index in [1.807, 2.05) is 0 Å². The summed E-state index contributed by atoms with van der Waals surface area (Å²) in [6, 6.07) is 2.98. The van der Waals surface area contributed by atoms with Crippen LogP contribution in [-0.4, -0.2) is 16.9 Å². The van der Waals surface area contributed by atoms with E-state index in [0.29, 0.717) is 0 Å². The number of hydrogen-bond acceptors (Lipinski definition) is 2. The lowest BCUT2D eigenvalue weighted by Crippen LogP contribution is -2.17. The van der Waals surface area contributed by atoms with Gasteiger partial charge >= 0.3 is 5.97 Å². The van der Waals surface area contributed by atoms with Crippen molar-refractivity contribution in [3.05, 3.63) is 35.1 Å². The van der Waals surface area contributed by atoms with Crippen LogP contribution in [0.15, 0.2) is 18.2 Å². The average Bonchev–Trinajstić information content (AvgIpc) is 2.15. The van der Waals surface area contributed by atoms with E-state index in [-0.39, 0.29) is 5.56 Å². The van der Waals surface area contributed by atoms with Crippen molar-refractivity contribution in [3.8, 4) is 0 Å². The molecule has 0 amide bonds. The van der Waals surface area contributed by atoms with Crippen LogP contribution in [-0.2, 0) is 10.5 Å². The van der Waals surface area contributed by atoms with Crippen molar-refractivity contribution < 1.29 is 23.5 Å². The highest BCUT2D eigenvalue weighted by Gasteiger charge is 2.24. The van der Waals surface area contributed by atoms with Crippen molar-refractivity contribution in [3.63, 3.8) is 0 Å². The summed E-state index contributed by atoms with van der Waals surface area (Å²) in [7, 11) is 0. The number of hydrogen-bond donors (Lipinski definition) is 1. The fraction of sp³-hybridized carbons (Fsp3) is 0.273. The Morgan fingerprint density at radius 1 is 1.31 bits per heavy atom. The molecule has 0 aliphatic carbocycles. The first kappa shape index (κ1) is 12.3. The molecular weight excluding hydrogens is 218 g/mol. The number of carbonyl (C=O) groups is 2. The molecule has 1 aromatic rings. The Labute approximate surface area is 90.7 Å². The molecule has 0 bridgehead atoms. The van der Waals surface area contributed by atoms with E-state index in [2.05, 4.69) is 0 Å². The Balaban J connectivity index is 3.30. The Kier molecular flexibility index (Phi) is 3.07. The topological polar surface area (TPSA) is 54.4 Å². The largest absolute Gasteiger partial charge is 0.475 e. The highest BCUT2D eigenvalue weighted by atomic mass is 19.1. The van der Waals surface area contributed by atoms with E-state index in [0.717, 1.165) is 12.1 Å². The average molecular weight is 228 g/mol. The summed E-state index contributed by atoms with van der Waals surface area (Å²) >= 11 is 0. The van der Waals surface area contributed by atoms with Crippen molar-refractivity contribution in [2.24, 2.45) is 0 Å². The van der Waals surface area contributed by atoms with E-state index in [4.69, 9.17) is 5.11 Å². The number of Topliss-reactive ketones (excluding diaryl/α,β-unsaturated/α-hetero) is 1. The van der Waals surface area contributed by atoms with Gasteiger partial charge in [-0.1, -0.05) is 6.07 Å². The molecule has 0 saturated carbocycles. The molecule has 86 valence electrons. The second-order valence-electron chi connectivity index (χ2n) is 3.80. The third-order valence-electron chi connectivity index (χ3n) is 2.09. The number of aliphatic carboxylic acids is 1. The zero-order chi connectivity index (χ0) is 12.5. The van der Waals surface area contributed by atoms with Crippen molar-refractivity contribution in [1.29, 1.82) is 0 Å². The van der Waals surface area contributed by atoms with Gasteiger partial charge in [-0.25, -0.2) is 13.6 Å². The molecule has 5 heteroatoms. The summed E-state index contributed by atoms with van der Waals surface area (Å²) in [5.74, 6) is -4.13. The van der Waals surface area contributed by atoms with Crippen molar-refractivity contribution in [1.82, 2.24) is 0 Å². The highest BCUT2D eigenvalue weighted by Crippen LogP contribution is 2.26. The van der Waals surface area contributed by atoms with Gasteiger partial charge in [0.25, 0.3) is 5.78 Å². The Morgan fingerprint density at radius 2 is 1.88 bits per heavy atom. The molecule has 0 saturated heterocycles. The van der Waals surface area contributed by atoms with Gasteiger partial charge in [-0.3, -0.25) is 4.79 Å². The maximum absolute atomic E-state index is 13.5. The molecule has 0 aliphatic rings. The van der Waals surface area contributed by atoms with Gasteiger partial charge in [-0.05, 0) is 31.5 Å². The van der Waals surface area contributed by atoms with E-state index in [1.54, 1.807) is 0 Å². The third-order valence-corrected chi connectivity index (χ3v) is 2.09. The summed E-state index contributed by atoms with van der Waals surface area (Å²) < 4.78 is 26.7. The molecule has 0 unspecified atom stereocenters. The number of alkyl halides is 1. The van der Waals surface area contributed by atoms with Gasteiger partial charge < -0.3 is 5.11 Å².